The van der Waals surface area contributed by atoms with E-state index in [1.165, 1.54) is 5.57 Å². The molecule has 0 bridgehead atoms. The molecule has 0 amide bonds. The fourth-order valence-electron chi connectivity index (χ4n) is 10.1. The van der Waals surface area contributed by atoms with Crippen LogP contribution in [0.15, 0.2) is 11.6 Å². The van der Waals surface area contributed by atoms with Crippen LogP contribution in [-0.2, 0) is 9.59 Å². The Kier molecular flexibility index (Phi) is 4.97. The Balaban J connectivity index is 1.63. The summed E-state index contributed by atoms with van der Waals surface area (Å²) in [6.07, 6.45) is 9.18. The van der Waals surface area contributed by atoms with E-state index in [2.05, 4.69) is 47.6 Å². The van der Waals surface area contributed by atoms with Gasteiger partial charge in [0.2, 0.25) is 0 Å². The molecule has 0 aromatic carbocycles. The molecule has 0 aromatic heterocycles. The number of ketones is 1. The third-order valence-corrected chi connectivity index (χ3v) is 12.4. The summed E-state index contributed by atoms with van der Waals surface area (Å²) < 4.78 is 0. The van der Waals surface area contributed by atoms with E-state index in [-0.39, 0.29) is 33.5 Å². The van der Waals surface area contributed by atoms with Gasteiger partial charge in [-0.1, -0.05) is 53.2 Å². The number of rotatable bonds is 1. The second kappa shape index (κ2) is 6.95. The van der Waals surface area contributed by atoms with Crippen LogP contribution in [0.25, 0.3) is 0 Å². The van der Waals surface area contributed by atoms with E-state index >= 15 is 0 Å². The molecule has 0 saturated heterocycles. The molecule has 4 nitrogen and oxygen atoms in total. The average Bonchev–Trinajstić information content (AvgIpc) is 2.71. The molecule has 0 heterocycles. The highest BCUT2D eigenvalue weighted by Crippen LogP contribution is 2.74. The standard InChI is InChI=1S/C29H44O4/c1-17-18-9-12-27(5)22(26(18,4)11-10-21(17)30)8-7-19-20-15-25(2,3)13-14-29(20,24(32)33)23(31)16-28(19,27)6/h7,17-18,20,22-23,31H,8-16H2,1-6H3,(H,32,33)/t17-,18+,20-,22-,23+,26-,27+,28+,29+/m0/s1. The van der Waals surface area contributed by atoms with E-state index < -0.39 is 17.5 Å². The molecule has 0 unspecified atom stereocenters. The number of carbonyl (C=O) groups excluding carboxylic acids is 1. The molecule has 4 saturated carbocycles. The van der Waals surface area contributed by atoms with Gasteiger partial charge in [-0.05, 0) is 90.8 Å². The molecule has 4 fully saturated rings. The van der Waals surface area contributed by atoms with Crippen molar-refractivity contribution in [3.8, 4) is 0 Å². The Labute approximate surface area is 199 Å². The molecular weight excluding hydrogens is 412 g/mol. The van der Waals surface area contributed by atoms with Gasteiger partial charge in [-0.2, -0.15) is 0 Å². The Bertz CT molecular complexity index is 919. The van der Waals surface area contributed by atoms with E-state index in [0.29, 0.717) is 36.9 Å². The minimum atomic E-state index is -1.04. The van der Waals surface area contributed by atoms with Crippen molar-refractivity contribution in [2.45, 2.75) is 105 Å². The summed E-state index contributed by atoms with van der Waals surface area (Å²) >= 11 is 0. The van der Waals surface area contributed by atoms with Gasteiger partial charge in [-0.3, -0.25) is 9.59 Å². The monoisotopic (exact) mass is 456 g/mol. The molecule has 9 atom stereocenters. The van der Waals surface area contributed by atoms with Crippen LogP contribution in [0.4, 0.5) is 0 Å². The Hall–Kier alpha value is -1.16. The quantitative estimate of drug-likeness (QED) is 0.473. The molecule has 5 aliphatic rings. The number of fused-ring (bicyclic) bond motifs is 7. The van der Waals surface area contributed by atoms with E-state index in [9.17, 15) is 19.8 Å². The minimum absolute atomic E-state index is 0.00960. The van der Waals surface area contributed by atoms with E-state index in [0.717, 1.165) is 38.5 Å². The molecule has 33 heavy (non-hydrogen) atoms. The lowest BCUT2D eigenvalue weighted by Gasteiger charge is -2.70. The first-order valence-corrected chi connectivity index (χ1v) is 13.4. The number of allylic oxidation sites excluding steroid dienone is 2. The topological polar surface area (TPSA) is 74.6 Å². The summed E-state index contributed by atoms with van der Waals surface area (Å²) in [4.78, 5) is 25.3. The highest BCUT2D eigenvalue weighted by Gasteiger charge is 2.70. The number of carbonyl (C=O) groups is 2. The van der Waals surface area contributed by atoms with Crippen LogP contribution in [0.5, 0.6) is 0 Å². The van der Waals surface area contributed by atoms with Gasteiger partial charge >= 0.3 is 5.97 Å². The smallest absolute Gasteiger partial charge is 0.312 e. The predicted molar refractivity (Wildman–Crippen MR) is 128 cm³/mol. The number of aliphatic carboxylic acids is 1. The van der Waals surface area contributed by atoms with Crippen molar-refractivity contribution in [1.82, 2.24) is 0 Å². The number of aliphatic hydroxyl groups excluding tert-OH is 1. The lowest BCUT2D eigenvalue weighted by Crippen LogP contribution is -2.66. The highest BCUT2D eigenvalue weighted by atomic mass is 16.4. The maximum absolute atomic E-state index is 12.8. The Morgan fingerprint density at radius 1 is 1.03 bits per heavy atom. The van der Waals surface area contributed by atoms with Crippen molar-refractivity contribution >= 4 is 11.8 Å². The number of hydrogen-bond acceptors (Lipinski definition) is 3. The average molecular weight is 457 g/mol. The maximum atomic E-state index is 12.8. The van der Waals surface area contributed by atoms with Gasteiger partial charge < -0.3 is 10.2 Å². The van der Waals surface area contributed by atoms with Crippen LogP contribution in [-0.4, -0.2) is 28.1 Å². The summed E-state index contributed by atoms with van der Waals surface area (Å²) in [5.41, 5.74) is 0.313. The van der Waals surface area contributed by atoms with Gasteiger partial charge in [0.1, 0.15) is 11.2 Å². The van der Waals surface area contributed by atoms with E-state index in [4.69, 9.17) is 0 Å². The third-order valence-electron chi connectivity index (χ3n) is 12.4. The number of carboxylic acids is 1. The van der Waals surface area contributed by atoms with Crippen LogP contribution in [0, 0.1) is 50.7 Å². The van der Waals surface area contributed by atoms with Gasteiger partial charge in [0.25, 0.3) is 0 Å². The predicted octanol–water partition coefficient (Wildman–Crippen LogP) is 6.02. The first-order chi connectivity index (χ1) is 15.2. The van der Waals surface area contributed by atoms with Crippen molar-refractivity contribution in [3.05, 3.63) is 11.6 Å². The third kappa shape index (κ3) is 2.79. The normalized spacial score (nSPS) is 53.1. The van der Waals surface area contributed by atoms with Gasteiger partial charge in [-0.15, -0.1) is 0 Å². The second-order valence-electron chi connectivity index (χ2n) is 14.1. The zero-order valence-corrected chi connectivity index (χ0v) is 21.5. The molecular formula is C29H44O4. The summed E-state index contributed by atoms with van der Waals surface area (Å²) in [6, 6.07) is 0. The van der Waals surface area contributed by atoms with Gasteiger partial charge in [0.15, 0.2) is 0 Å². The van der Waals surface area contributed by atoms with Crippen molar-refractivity contribution in [1.29, 1.82) is 0 Å². The van der Waals surface area contributed by atoms with Crippen LogP contribution in [0.2, 0.25) is 0 Å². The maximum Gasteiger partial charge on any atom is 0.312 e. The fourth-order valence-corrected chi connectivity index (χ4v) is 10.1. The minimum Gasteiger partial charge on any atom is -0.481 e. The molecule has 5 rings (SSSR count). The molecule has 0 aliphatic heterocycles. The molecule has 0 radical (unpaired) electrons. The lowest BCUT2D eigenvalue weighted by molar-refractivity contribution is -0.201. The second-order valence-corrected chi connectivity index (χ2v) is 14.1. The molecule has 2 N–H and O–H groups in total. The first-order valence-electron chi connectivity index (χ1n) is 13.4. The van der Waals surface area contributed by atoms with Crippen molar-refractivity contribution in [3.63, 3.8) is 0 Å². The largest absolute Gasteiger partial charge is 0.481 e. The van der Waals surface area contributed by atoms with Crippen molar-refractivity contribution in [2.24, 2.45) is 50.7 Å². The number of Topliss-reactive ketones (excluding diaryl/α,β-unsaturated/α-hetero) is 1. The van der Waals surface area contributed by atoms with E-state index in [1.54, 1.807) is 0 Å². The summed E-state index contributed by atoms with van der Waals surface area (Å²) in [7, 11) is 0. The van der Waals surface area contributed by atoms with Crippen LogP contribution in [0.1, 0.15) is 99.3 Å². The number of hydrogen-bond donors (Lipinski definition) is 2. The summed E-state index contributed by atoms with van der Waals surface area (Å²) in [6.45, 7) is 13.9. The summed E-state index contributed by atoms with van der Waals surface area (Å²) in [5.74, 6) is 0.582. The zero-order chi connectivity index (χ0) is 24.2. The molecule has 0 spiro atoms. The SMILES string of the molecule is C[C@@H]1C(=O)CC[C@@]2(C)[C@@H]1CC[C@]1(C)[C@H]2CC=C2[C@@H]3CC(C)(C)CC[C@]3(C(=O)O)[C@H](O)C[C@]21C. The number of carboxylic acid groups (broad SMARTS) is 1. The van der Waals surface area contributed by atoms with Gasteiger partial charge in [-0.25, -0.2) is 0 Å². The molecule has 184 valence electrons. The van der Waals surface area contributed by atoms with Crippen molar-refractivity contribution < 1.29 is 19.8 Å². The van der Waals surface area contributed by atoms with Crippen LogP contribution < -0.4 is 0 Å². The van der Waals surface area contributed by atoms with Crippen LogP contribution >= 0.6 is 0 Å². The fraction of sp³-hybridized carbons (Fsp3) is 0.862. The Morgan fingerprint density at radius 2 is 1.73 bits per heavy atom. The van der Waals surface area contributed by atoms with Crippen LogP contribution in [0.3, 0.4) is 0 Å². The highest BCUT2D eigenvalue weighted by molar-refractivity contribution is 5.82. The van der Waals surface area contributed by atoms with Gasteiger partial charge in [0, 0.05) is 12.3 Å². The molecule has 0 aromatic rings. The lowest BCUT2D eigenvalue weighted by atomic mass is 9.34. The van der Waals surface area contributed by atoms with Gasteiger partial charge in [0.05, 0.1) is 6.10 Å². The molecule has 4 heteroatoms. The van der Waals surface area contributed by atoms with Crippen molar-refractivity contribution in [2.75, 3.05) is 0 Å². The summed E-state index contributed by atoms with van der Waals surface area (Å²) in [5, 5.41) is 22.1. The zero-order valence-electron chi connectivity index (χ0n) is 21.5. The molecule has 5 aliphatic carbocycles. The first kappa shape index (κ1) is 23.6. The van der Waals surface area contributed by atoms with E-state index in [1.807, 2.05) is 0 Å². The Morgan fingerprint density at radius 3 is 2.39 bits per heavy atom. The number of aliphatic hydroxyl groups is 1.